The van der Waals surface area contributed by atoms with E-state index in [0.717, 1.165) is 15.6 Å². The molecule has 2 aromatic rings. The molecule has 3 nitrogen and oxygen atoms in total. The van der Waals surface area contributed by atoms with Gasteiger partial charge in [-0.1, -0.05) is 0 Å². The first-order valence-electron chi connectivity index (χ1n) is 4.23. The van der Waals surface area contributed by atoms with Gasteiger partial charge in [0.1, 0.15) is 0 Å². The van der Waals surface area contributed by atoms with Crippen LogP contribution in [0.25, 0.3) is 0 Å². The average Bonchev–Trinajstić information content (AvgIpc) is 2.75. The Bertz CT molecular complexity index is 397. The lowest BCUT2D eigenvalue weighted by Gasteiger charge is -2.04. The lowest BCUT2D eigenvalue weighted by atomic mass is 10.2. The van der Waals surface area contributed by atoms with Crippen LogP contribution in [-0.4, -0.2) is 15.1 Å². The van der Waals surface area contributed by atoms with Gasteiger partial charge in [0.25, 0.3) is 0 Å². The zero-order valence-corrected chi connectivity index (χ0v) is 9.31. The van der Waals surface area contributed by atoms with Gasteiger partial charge in [0, 0.05) is 23.7 Å². The molecule has 0 saturated carbocycles. The Labute approximate surface area is 90.1 Å². The second-order valence-corrected chi connectivity index (χ2v) is 4.87. The highest BCUT2D eigenvalue weighted by Gasteiger charge is 2.11. The monoisotopic (exact) mass is 226 g/mol. The molecule has 0 aliphatic carbocycles. The largest absolute Gasteiger partial charge is 0.387 e. The number of aliphatic hydroxyl groups is 1. The van der Waals surface area contributed by atoms with Crippen molar-refractivity contribution in [3.63, 3.8) is 0 Å². The summed E-state index contributed by atoms with van der Waals surface area (Å²) >= 11 is 3.06. The van der Waals surface area contributed by atoms with E-state index in [1.807, 2.05) is 12.3 Å². The van der Waals surface area contributed by atoms with Crippen LogP contribution in [0, 0.1) is 6.92 Å². The van der Waals surface area contributed by atoms with Gasteiger partial charge < -0.3 is 5.11 Å². The molecule has 74 valence electrons. The van der Waals surface area contributed by atoms with E-state index in [4.69, 9.17) is 0 Å². The number of thiazole rings is 2. The van der Waals surface area contributed by atoms with Gasteiger partial charge in [-0.05, 0) is 6.92 Å². The molecular formula is C9H10N2OS2. The molecule has 1 unspecified atom stereocenters. The van der Waals surface area contributed by atoms with Gasteiger partial charge in [-0.3, -0.25) is 4.98 Å². The molecule has 0 aromatic carbocycles. The fourth-order valence-corrected chi connectivity index (χ4v) is 2.57. The summed E-state index contributed by atoms with van der Waals surface area (Å²) in [7, 11) is 0. The number of aryl methyl sites for hydroxylation is 1. The second-order valence-electron chi connectivity index (χ2n) is 3.01. The molecule has 0 aliphatic heterocycles. The average molecular weight is 226 g/mol. The summed E-state index contributed by atoms with van der Waals surface area (Å²) in [5.74, 6) is 0. The second kappa shape index (κ2) is 4.16. The summed E-state index contributed by atoms with van der Waals surface area (Å²) in [4.78, 5) is 9.14. The van der Waals surface area contributed by atoms with Gasteiger partial charge in [0.2, 0.25) is 0 Å². The minimum atomic E-state index is -0.465. The van der Waals surface area contributed by atoms with Gasteiger partial charge in [0.15, 0.2) is 0 Å². The van der Waals surface area contributed by atoms with Crippen molar-refractivity contribution in [3.05, 3.63) is 32.7 Å². The maximum atomic E-state index is 9.81. The minimum Gasteiger partial charge on any atom is -0.387 e. The summed E-state index contributed by atoms with van der Waals surface area (Å²) in [5, 5.41) is 12.8. The first-order chi connectivity index (χ1) is 6.75. The van der Waals surface area contributed by atoms with E-state index in [9.17, 15) is 5.11 Å². The number of rotatable bonds is 3. The smallest absolute Gasteiger partial charge is 0.0961 e. The molecule has 0 fully saturated rings. The normalized spacial score (nSPS) is 13.0. The molecular weight excluding hydrogens is 216 g/mol. The van der Waals surface area contributed by atoms with E-state index in [1.165, 1.54) is 11.3 Å². The zero-order valence-electron chi connectivity index (χ0n) is 7.67. The molecule has 5 heteroatoms. The fourth-order valence-electron chi connectivity index (χ4n) is 1.15. The molecule has 2 heterocycles. The van der Waals surface area contributed by atoms with Crippen LogP contribution in [0.4, 0.5) is 0 Å². The lowest BCUT2D eigenvalue weighted by Crippen LogP contribution is -1.99. The highest BCUT2D eigenvalue weighted by Crippen LogP contribution is 2.22. The maximum absolute atomic E-state index is 9.81. The molecule has 2 aromatic heterocycles. The highest BCUT2D eigenvalue weighted by molar-refractivity contribution is 7.10. The summed E-state index contributed by atoms with van der Waals surface area (Å²) in [5.41, 5.74) is 2.74. The summed E-state index contributed by atoms with van der Waals surface area (Å²) in [6, 6.07) is 0. The van der Waals surface area contributed by atoms with Gasteiger partial charge in [-0.25, -0.2) is 4.98 Å². The molecule has 2 rings (SSSR count). The zero-order chi connectivity index (χ0) is 9.97. The van der Waals surface area contributed by atoms with Crippen LogP contribution >= 0.6 is 22.7 Å². The third kappa shape index (κ3) is 2.17. The van der Waals surface area contributed by atoms with E-state index < -0.39 is 6.10 Å². The molecule has 0 spiro atoms. The van der Waals surface area contributed by atoms with Gasteiger partial charge >= 0.3 is 0 Å². The van der Waals surface area contributed by atoms with Crippen molar-refractivity contribution < 1.29 is 5.11 Å². The van der Waals surface area contributed by atoms with Gasteiger partial charge in [-0.15, -0.1) is 22.7 Å². The van der Waals surface area contributed by atoms with Crippen molar-refractivity contribution in [2.24, 2.45) is 0 Å². The minimum absolute atomic E-state index is 0.465. The maximum Gasteiger partial charge on any atom is 0.0961 e. The van der Waals surface area contributed by atoms with Crippen LogP contribution in [0.15, 0.2) is 17.1 Å². The first-order valence-corrected chi connectivity index (χ1v) is 5.99. The number of aliphatic hydroxyl groups excluding tert-OH is 1. The molecule has 0 bridgehead atoms. The topological polar surface area (TPSA) is 46.0 Å². The quantitative estimate of drug-likeness (QED) is 0.872. The van der Waals surface area contributed by atoms with Crippen molar-refractivity contribution in [2.45, 2.75) is 19.4 Å². The SMILES string of the molecule is Cc1csc(CC(O)c2cncs2)n1. The molecule has 0 saturated heterocycles. The Kier molecular flexibility index (Phi) is 2.90. The summed E-state index contributed by atoms with van der Waals surface area (Å²) in [6.07, 6.45) is 1.82. The molecule has 1 atom stereocenters. The number of nitrogens with zero attached hydrogens (tertiary/aromatic N) is 2. The van der Waals surface area contributed by atoms with E-state index in [-0.39, 0.29) is 0 Å². The predicted octanol–water partition coefficient (Wildman–Crippen LogP) is 2.18. The van der Waals surface area contributed by atoms with Gasteiger partial charge in [0.05, 0.1) is 21.5 Å². The van der Waals surface area contributed by atoms with Gasteiger partial charge in [-0.2, -0.15) is 0 Å². The van der Waals surface area contributed by atoms with E-state index in [2.05, 4.69) is 9.97 Å². The summed E-state index contributed by atoms with van der Waals surface area (Å²) < 4.78 is 0. The third-order valence-corrected chi connectivity index (χ3v) is 3.68. The molecule has 0 radical (unpaired) electrons. The Hall–Kier alpha value is -0.780. The van der Waals surface area contributed by atoms with E-state index >= 15 is 0 Å². The molecule has 0 amide bonds. The van der Waals surface area contributed by atoms with Crippen molar-refractivity contribution in [1.82, 2.24) is 9.97 Å². The third-order valence-electron chi connectivity index (χ3n) is 1.81. The number of aromatic nitrogens is 2. The molecule has 1 N–H and O–H groups in total. The van der Waals surface area contributed by atoms with Crippen LogP contribution in [-0.2, 0) is 6.42 Å². The Morgan fingerprint density at radius 3 is 2.93 bits per heavy atom. The van der Waals surface area contributed by atoms with E-state index in [1.54, 1.807) is 23.0 Å². The van der Waals surface area contributed by atoms with Crippen LogP contribution < -0.4 is 0 Å². The van der Waals surface area contributed by atoms with Crippen LogP contribution in [0.5, 0.6) is 0 Å². The van der Waals surface area contributed by atoms with Crippen LogP contribution in [0.1, 0.15) is 21.7 Å². The highest BCUT2D eigenvalue weighted by atomic mass is 32.1. The lowest BCUT2D eigenvalue weighted by molar-refractivity contribution is 0.182. The van der Waals surface area contributed by atoms with Crippen molar-refractivity contribution >= 4 is 22.7 Å². The fraction of sp³-hybridized carbons (Fsp3) is 0.333. The van der Waals surface area contributed by atoms with Crippen molar-refractivity contribution in [2.75, 3.05) is 0 Å². The van der Waals surface area contributed by atoms with Crippen molar-refractivity contribution in [1.29, 1.82) is 0 Å². The first kappa shape index (κ1) is 9.76. The standard InChI is InChI=1S/C9H10N2OS2/c1-6-4-13-9(11-6)2-7(12)8-3-10-5-14-8/h3-5,7,12H,2H2,1H3. The summed E-state index contributed by atoms with van der Waals surface area (Å²) in [6.45, 7) is 1.96. The molecule has 0 aliphatic rings. The Balaban J connectivity index is 2.05. The Morgan fingerprint density at radius 1 is 1.50 bits per heavy atom. The molecule has 14 heavy (non-hydrogen) atoms. The van der Waals surface area contributed by atoms with E-state index in [0.29, 0.717) is 6.42 Å². The number of hydrogen-bond donors (Lipinski definition) is 1. The Morgan fingerprint density at radius 2 is 2.36 bits per heavy atom. The van der Waals surface area contributed by atoms with Crippen molar-refractivity contribution in [3.8, 4) is 0 Å². The van der Waals surface area contributed by atoms with Crippen LogP contribution in [0.3, 0.4) is 0 Å². The predicted molar refractivity (Wildman–Crippen MR) is 57.6 cm³/mol. The number of hydrogen-bond acceptors (Lipinski definition) is 5. The van der Waals surface area contributed by atoms with Crippen LogP contribution in [0.2, 0.25) is 0 Å².